The van der Waals surface area contributed by atoms with Gasteiger partial charge in [0.25, 0.3) is 0 Å². The van der Waals surface area contributed by atoms with E-state index in [1.54, 1.807) is 0 Å². The fourth-order valence-electron chi connectivity index (χ4n) is 5.44. The number of anilines is 1. The summed E-state index contributed by atoms with van der Waals surface area (Å²) in [6.07, 6.45) is 1.62. The van der Waals surface area contributed by atoms with Gasteiger partial charge in [0.15, 0.2) is 5.78 Å². The molecule has 5 aromatic rings. The number of nitrogens with one attached hydrogen (secondary N) is 1. The molecule has 0 fully saturated rings. The van der Waals surface area contributed by atoms with Gasteiger partial charge in [-0.05, 0) is 58.4 Å². The lowest BCUT2D eigenvalue weighted by molar-refractivity contribution is 0.0977. The summed E-state index contributed by atoms with van der Waals surface area (Å²) in [4.78, 5) is 13.6. The maximum atomic E-state index is 13.6. The second-order valence-electron chi connectivity index (χ2n) is 9.48. The Labute approximate surface area is 206 Å². The minimum atomic E-state index is -0.386. The third-order valence-electron chi connectivity index (χ3n) is 6.99. The lowest BCUT2D eigenvalue weighted by Crippen LogP contribution is -2.19. The van der Waals surface area contributed by atoms with Crippen LogP contribution < -0.4 is 5.32 Å². The second kappa shape index (κ2) is 8.88. The molecule has 0 saturated heterocycles. The van der Waals surface area contributed by atoms with Gasteiger partial charge in [0.1, 0.15) is 6.04 Å². The van der Waals surface area contributed by atoms with E-state index in [9.17, 15) is 4.79 Å². The van der Waals surface area contributed by atoms with Crippen molar-refractivity contribution in [2.24, 2.45) is 0 Å². The maximum Gasteiger partial charge on any atom is 0.190 e. The Morgan fingerprint density at radius 1 is 0.686 bits per heavy atom. The number of benzene rings is 5. The van der Waals surface area contributed by atoms with E-state index < -0.39 is 0 Å². The standard InChI is InChI=1S/C33H27NO/c1-22-18-26(20-23-10-4-2-5-11-23)31(27(19-22)21-24-12-6-3-7-13-24)34-32-28-16-8-14-25-15-9-17-29(30(25)28)33(32)35/h2-19,32,34H,20-21H2,1H3. The Kier molecular flexibility index (Phi) is 5.42. The largest absolute Gasteiger partial charge is 0.371 e. The number of Topliss-reactive ketones (excluding diaryl/α,β-unsaturated/α-hetero) is 1. The van der Waals surface area contributed by atoms with Crippen molar-refractivity contribution in [2.45, 2.75) is 25.8 Å². The molecule has 0 aliphatic heterocycles. The van der Waals surface area contributed by atoms with Crippen LogP contribution in [0.25, 0.3) is 10.8 Å². The molecular formula is C33H27NO. The molecule has 0 amide bonds. The highest BCUT2D eigenvalue weighted by Gasteiger charge is 2.33. The predicted octanol–water partition coefficient (Wildman–Crippen LogP) is 7.68. The third kappa shape index (κ3) is 4.02. The third-order valence-corrected chi connectivity index (χ3v) is 6.99. The van der Waals surface area contributed by atoms with Crippen LogP contribution in [0.1, 0.15) is 49.8 Å². The number of hydrogen-bond donors (Lipinski definition) is 1. The Balaban J connectivity index is 1.47. The van der Waals surface area contributed by atoms with Gasteiger partial charge in [0, 0.05) is 11.3 Å². The van der Waals surface area contributed by atoms with Crippen molar-refractivity contribution in [3.05, 3.63) is 148 Å². The molecule has 5 aromatic carbocycles. The number of ketones is 1. The Morgan fingerprint density at radius 3 is 1.86 bits per heavy atom. The Bertz CT molecular complexity index is 1470. The highest BCUT2D eigenvalue weighted by Crippen LogP contribution is 2.40. The molecule has 0 radical (unpaired) electrons. The Hall–Kier alpha value is -4.17. The number of carbonyl (C=O) groups is 1. The summed E-state index contributed by atoms with van der Waals surface area (Å²) in [5.41, 5.74) is 9.15. The van der Waals surface area contributed by atoms with Gasteiger partial charge in [-0.3, -0.25) is 4.79 Å². The van der Waals surface area contributed by atoms with Crippen LogP contribution >= 0.6 is 0 Å². The van der Waals surface area contributed by atoms with Gasteiger partial charge in [0.05, 0.1) is 0 Å². The smallest absolute Gasteiger partial charge is 0.190 e. The first kappa shape index (κ1) is 21.4. The predicted molar refractivity (Wildman–Crippen MR) is 144 cm³/mol. The molecule has 0 heterocycles. The van der Waals surface area contributed by atoms with Crippen LogP contribution in [0, 0.1) is 6.92 Å². The van der Waals surface area contributed by atoms with Gasteiger partial charge < -0.3 is 5.32 Å². The Morgan fingerprint density at radius 2 is 1.26 bits per heavy atom. The summed E-state index contributed by atoms with van der Waals surface area (Å²) >= 11 is 0. The van der Waals surface area contributed by atoms with Crippen LogP contribution in [0.15, 0.2) is 109 Å². The molecule has 6 rings (SSSR count). The molecule has 0 spiro atoms. The molecule has 1 unspecified atom stereocenters. The van der Waals surface area contributed by atoms with E-state index in [0.717, 1.165) is 40.4 Å². The molecule has 35 heavy (non-hydrogen) atoms. The molecule has 1 aliphatic carbocycles. The minimum absolute atomic E-state index is 0.147. The number of rotatable bonds is 6. The number of carbonyl (C=O) groups excluding carboxylic acids is 1. The summed E-state index contributed by atoms with van der Waals surface area (Å²) in [7, 11) is 0. The summed E-state index contributed by atoms with van der Waals surface area (Å²) in [5.74, 6) is 0.147. The van der Waals surface area contributed by atoms with Crippen LogP contribution in [0.4, 0.5) is 5.69 Å². The second-order valence-corrected chi connectivity index (χ2v) is 9.48. The molecule has 1 N–H and O–H groups in total. The van der Waals surface area contributed by atoms with Crippen LogP contribution in [-0.4, -0.2) is 5.78 Å². The van der Waals surface area contributed by atoms with E-state index in [0.29, 0.717) is 0 Å². The average Bonchev–Trinajstić information content (AvgIpc) is 3.15. The molecule has 0 saturated carbocycles. The summed E-state index contributed by atoms with van der Waals surface area (Å²) in [5, 5.41) is 5.96. The van der Waals surface area contributed by atoms with E-state index in [4.69, 9.17) is 0 Å². The van der Waals surface area contributed by atoms with Gasteiger partial charge >= 0.3 is 0 Å². The van der Waals surface area contributed by atoms with E-state index in [1.165, 1.54) is 27.8 Å². The number of aryl methyl sites for hydroxylation is 1. The number of hydrogen-bond acceptors (Lipinski definition) is 2. The zero-order chi connectivity index (χ0) is 23.8. The highest BCUT2D eigenvalue weighted by molar-refractivity contribution is 6.18. The van der Waals surface area contributed by atoms with Crippen LogP contribution in [0.3, 0.4) is 0 Å². The first-order valence-electron chi connectivity index (χ1n) is 12.2. The highest BCUT2D eigenvalue weighted by atomic mass is 16.1. The van der Waals surface area contributed by atoms with Crippen molar-refractivity contribution in [2.75, 3.05) is 5.32 Å². The summed E-state index contributed by atoms with van der Waals surface area (Å²) < 4.78 is 0. The lowest BCUT2D eigenvalue weighted by Gasteiger charge is -2.22. The topological polar surface area (TPSA) is 29.1 Å². The molecule has 170 valence electrons. The fourth-order valence-corrected chi connectivity index (χ4v) is 5.44. The van der Waals surface area contributed by atoms with Crippen molar-refractivity contribution in [1.82, 2.24) is 0 Å². The molecule has 1 aliphatic rings. The van der Waals surface area contributed by atoms with Gasteiger partial charge in [-0.2, -0.15) is 0 Å². The molecule has 2 nitrogen and oxygen atoms in total. The van der Waals surface area contributed by atoms with Crippen LogP contribution in [-0.2, 0) is 12.8 Å². The van der Waals surface area contributed by atoms with Crippen molar-refractivity contribution in [3.8, 4) is 0 Å². The first-order valence-corrected chi connectivity index (χ1v) is 12.2. The minimum Gasteiger partial charge on any atom is -0.371 e. The quantitative estimate of drug-likeness (QED) is 0.286. The van der Waals surface area contributed by atoms with E-state index >= 15 is 0 Å². The molecule has 0 aromatic heterocycles. The zero-order valence-corrected chi connectivity index (χ0v) is 19.8. The first-order chi connectivity index (χ1) is 17.2. The molecule has 1 atom stereocenters. The monoisotopic (exact) mass is 453 g/mol. The van der Waals surface area contributed by atoms with Gasteiger partial charge in [-0.15, -0.1) is 0 Å². The molecular weight excluding hydrogens is 426 g/mol. The SMILES string of the molecule is Cc1cc(Cc2ccccc2)c(NC2C(=O)c3cccc4cccc2c34)c(Cc2ccccc2)c1. The van der Waals surface area contributed by atoms with E-state index in [-0.39, 0.29) is 11.8 Å². The maximum absolute atomic E-state index is 13.6. The molecule has 2 heteroatoms. The lowest BCUT2D eigenvalue weighted by atomic mass is 9.93. The van der Waals surface area contributed by atoms with Crippen molar-refractivity contribution in [3.63, 3.8) is 0 Å². The van der Waals surface area contributed by atoms with E-state index in [1.807, 2.05) is 12.1 Å². The zero-order valence-electron chi connectivity index (χ0n) is 19.8. The average molecular weight is 454 g/mol. The van der Waals surface area contributed by atoms with Gasteiger partial charge in [-0.1, -0.05) is 115 Å². The summed E-state index contributed by atoms with van der Waals surface area (Å²) in [6.45, 7) is 2.16. The molecule has 0 bridgehead atoms. The van der Waals surface area contributed by atoms with Crippen LogP contribution in [0.5, 0.6) is 0 Å². The fraction of sp³-hybridized carbons (Fsp3) is 0.121. The van der Waals surface area contributed by atoms with Crippen molar-refractivity contribution >= 4 is 22.2 Å². The van der Waals surface area contributed by atoms with Crippen LogP contribution in [0.2, 0.25) is 0 Å². The normalized spacial score (nSPS) is 14.4. The van der Waals surface area contributed by atoms with Gasteiger partial charge in [-0.25, -0.2) is 0 Å². The van der Waals surface area contributed by atoms with Gasteiger partial charge in [0.2, 0.25) is 0 Å². The van der Waals surface area contributed by atoms with Crippen molar-refractivity contribution < 1.29 is 4.79 Å². The summed E-state index contributed by atoms with van der Waals surface area (Å²) in [6, 6.07) is 37.5. The van der Waals surface area contributed by atoms with E-state index in [2.05, 4.69) is 109 Å². The van der Waals surface area contributed by atoms with Crippen molar-refractivity contribution in [1.29, 1.82) is 0 Å².